The monoisotopic (exact) mass is 508 g/mol. The van der Waals surface area contributed by atoms with Crippen LogP contribution in [0, 0.1) is 12.8 Å². The van der Waals surface area contributed by atoms with Crippen molar-refractivity contribution in [3.8, 4) is 11.5 Å². The lowest BCUT2D eigenvalue weighted by Crippen LogP contribution is -2.44. The van der Waals surface area contributed by atoms with E-state index in [2.05, 4.69) is 32.9 Å². The average molecular weight is 509 g/mol. The molecule has 0 aliphatic heterocycles. The molecular formula is C29H36N2O4S. The second-order valence-electron chi connectivity index (χ2n) is 9.01. The van der Waals surface area contributed by atoms with Gasteiger partial charge in [-0.3, -0.25) is 9.59 Å². The van der Waals surface area contributed by atoms with Crippen molar-refractivity contribution in [1.82, 2.24) is 9.80 Å². The highest BCUT2D eigenvalue weighted by atomic mass is 32.1. The number of aryl methyl sites for hydroxylation is 1. The Morgan fingerprint density at radius 1 is 0.944 bits per heavy atom. The van der Waals surface area contributed by atoms with Gasteiger partial charge in [0.2, 0.25) is 5.91 Å². The van der Waals surface area contributed by atoms with Crippen LogP contribution >= 0.6 is 11.3 Å². The van der Waals surface area contributed by atoms with Gasteiger partial charge >= 0.3 is 0 Å². The molecule has 3 aromatic rings. The van der Waals surface area contributed by atoms with Crippen LogP contribution in [0.15, 0.2) is 60.7 Å². The third kappa shape index (κ3) is 7.34. The van der Waals surface area contributed by atoms with Gasteiger partial charge in [0.05, 0.1) is 26.3 Å². The van der Waals surface area contributed by atoms with E-state index >= 15 is 0 Å². The normalized spacial score (nSPS) is 11.6. The summed E-state index contributed by atoms with van der Waals surface area (Å²) in [6.07, 6.45) is 0.903. The van der Waals surface area contributed by atoms with Crippen molar-refractivity contribution in [2.75, 3.05) is 27.3 Å². The molecule has 0 fully saturated rings. The number of carbonyl (C=O) groups is 2. The van der Waals surface area contributed by atoms with Crippen LogP contribution in [0.3, 0.4) is 0 Å². The van der Waals surface area contributed by atoms with Crippen LogP contribution < -0.4 is 9.47 Å². The van der Waals surface area contributed by atoms with E-state index in [0.29, 0.717) is 36.7 Å². The summed E-state index contributed by atoms with van der Waals surface area (Å²) < 4.78 is 10.8. The molecular weight excluding hydrogens is 472 g/mol. The highest BCUT2D eigenvalue weighted by Crippen LogP contribution is 2.26. The van der Waals surface area contributed by atoms with Gasteiger partial charge in [-0.1, -0.05) is 50.6 Å². The van der Waals surface area contributed by atoms with E-state index in [0.717, 1.165) is 16.9 Å². The molecule has 192 valence electrons. The number of rotatable bonds is 12. The summed E-state index contributed by atoms with van der Waals surface area (Å²) >= 11 is 1.69. The Bertz CT molecular complexity index is 1150. The molecule has 0 aliphatic rings. The van der Waals surface area contributed by atoms with E-state index in [-0.39, 0.29) is 24.3 Å². The van der Waals surface area contributed by atoms with Crippen molar-refractivity contribution in [2.24, 2.45) is 5.92 Å². The zero-order chi connectivity index (χ0) is 26.1. The first-order chi connectivity index (χ1) is 17.3. The number of carbonyl (C=O) groups excluding carboxylic acids is 2. The number of nitrogens with zero attached hydrogens (tertiary/aromatic N) is 2. The Kier molecular flexibility index (Phi) is 9.94. The Balaban J connectivity index is 1.88. The smallest absolute Gasteiger partial charge is 0.258 e. The molecule has 1 atom stereocenters. The summed E-state index contributed by atoms with van der Waals surface area (Å²) in [4.78, 5) is 33.2. The second kappa shape index (κ2) is 13.1. The molecule has 3 rings (SSSR count). The predicted molar refractivity (Wildman–Crippen MR) is 145 cm³/mol. The summed E-state index contributed by atoms with van der Waals surface area (Å²) in [5.74, 6) is 0.960. The van der Waals surface area contributed by atoms with Crippen molar-refractivity contribution in [3.05, 3.63) is 81.5 Å². The molecule has 0 N–H and O–H groups in total. The number of ether oxygens (including phenoxy) is 2. The van der Waals surface area contributed by atoms with Crippen molar-refractivity contribution >= 4 is 23.2 Å². The molecule has 0 bridgehead atoms. The van der Waals surface area contributed by atoms with Gasteiger partial charge in [-0.25, -0.2) is 0 Å². The minimum atomic E-state index is -0.227. The quantitative estimate of drug-likeness (QED) is 0.311. The third-order valence-corrected chi connectivity index (χ3v) is 7.18. The zero-order valence-electron chi connectivity index (χ0n) is 21.8. The topological polar surface area (TPSA) is 59.1 Å². The van der Waals surface area contributed by atoms with E-state index in [1.165, 1.54) is 12.0 Å². The van der Waals surface area contributed by atoms with Crippen molar-refractivity contribution in [1.29, 1.82) is 0 Å². The van der Waals surface area contributed by atoms with Crippen LogP contribution in [0.1, 0.15) is 45.9 Å². The largest absolute Gasteiger partial charge is 0.497 e. The second-order valence-corrected chi connectivity index (χ2v) is 10.4. The summed E-state index contributed by atoms with van der Waals surface area (Å²) in [5.41, 5.74) is 1.47. The maximum Gasteiger partial charge on any atom is 0.258 e. The van der Waals surface area contributed by atoms with Crippen LogP contribution in [0.25, 0.3) is 0 Å². The lowest BCUT2D eigenvalue weighted by molar-refractivity contribution is -0.133. The van der Waals surface area contributed by atoms with Crippen LogP contribution in [0.2, 0.25) is 0 Å². The molecule has 0 radical (unpaired) electrons. The lowest BCUT2D eigenvalue weighted by Gasteiger charge is -2.29. The van der Waals surface area contributed by atoms with Crippen molar-refractivity contribution in [3.63, 3.8) is 0 Å². The van der Waals surface area contributed by atoms with E-state index in [1.807, 2.05) is 35.2 Å². The fourth-order valence-corrected chi connectivity index (χ4v) is 4.83. The van der Waals surface area contributed by atoms with E-state index in [4.69, 9.17) is 9.47 Å². The molecule has 1 heterocycles. The number of thiophene rings is 1. The molecule has 6 nitrogen and oxygen atoms in total. The molecule has 7 heteroatoms. The number of hydrogen-bond donors (Lipinski definition) is 0. The number of hydrogen-bond acceptors (Lipinski definition) is 5. The Morgan fingerprint density at radius 3 is 2.31 bits per heavy atom. The molecule has 0 aliphatic carbocycles. The molecule has 0 spiro atoms. The fraction of sp³-hybridized carbons (Fsp3) is 0.379. The van der Waals surface area contributed by atoms with Crippen LogP contribution in [0.4, 0.5) is 0 Å². The summed E-state index contributed by atoms with van der Waals surface area (Å²) in [5, 5.41) is 0. The molecule has 1 aromatic heterocycles. The molecule has 0 saturated carbocycles. The fourth-order valence-electron chi connectivity index (χ4n) is 3.93. The summed E-state index contributed by atoms with van der Waals surface area (Å²) in [7, 11) is 3.10. The highest BCUT2D eigenvalue weighted by molar-refractivity contribution is 7.11. The summed E-state index contributed by atoms with van der Waals surface area (Å²) in [6, 6.07) is 19.2. The Labute approximate surface area is 218 Å². The van der Waals surface area contributed by atoms with Gasteiger partial charge in [0.15, 0.2) is 0 Å². The highest BCUT2D eigenvalue weighted by Gasteiger charge is 2.26. The van der Waals surface area contributed by atoms with Crippen LogP contribution in [-0.2, 0) is 17.9 Å². The van der Waals surface area contributed by atoms with Gasteiger partial charge < -0.3 is 19.3 Å². The van der Waals surface area contributed by atoms with Gasteiger partial charge in [-0.15, -0.1) is 11.3 Å². The molecule has 0 saturated heterocycles. The minimum Gasteiger partial charge on any atom is -0.497 e. The molecule has 2 aromatic carbocycles. The van der Waals surface area contributed by atoms with Gasteiger partial charge in [-0.2, -0.15) is 0 Å². The van der Waals surface area contributed by atoms with Gasteiger partial charge in [0, 0.05) is 28.9 Å². The van der Waals surface area contributed by atoms with Crippen molar-refractivity contribution < 1.29 is 19.1 Å². The van der Waals surface area contributed by atoms with Gasteiger partial charge in [0.1, 0.15) is 18.0 Å². The van der Waals surface area contributed by atoms with Gasteiger partial charge in [-0.05, 0) is 42.7 Å². The number of methoxy groups -OCH3 is 2. The Hall–Kier alpha value is -3.32. The van der Waals surface area contributed by atoms with Crippen LogP contribution in [0.5, 0.6) is 11.5 Å². The van der Waals surface area contributed by atoms with Gasteiger partial charge in [0.25, 0.3) is 5.91 Å². The first-order valence-corrected chi connectivity index (χ1v) is 13.0. The average Bonchev–Trinajstić information content (AvgIpc) is 3.31. The summed E-state index contributed by atoms with van der Waals surface area (Å²) in [6.45, 7) is 7.70. The minimum absolute atomic E-state index is 0.00442. The molecule has 1 unspecified atom stereocenters. The first kappa shape index (κ1) is 27.3. The zero-order valence-corrected chi connectivity index (χ0v) is 22.6. The third-order valence-electron chi connectivity index (χ3n) is 6.19. The maximum atomic E-state index is 13.7. The lowest BCUT2D eigenvalue weighted by atomic mass is 10.1. The van der Waals surface area contributed by atoms with E-state index in [9.17, 15) is 9.59 Å². The van der Waals surface area contributed by atoms with E-state index in [1.54, 1.807) is 41.5 Å². The number of benzene rings is 2. The van der Waals surface area contributed by atoms with Crippen molar-refractivity contribution in [2.45, 2.75) is 40.3 Å². The SMILES string of the molecule is CCC(C)CN(CC(=O)N(Cc1ccccc1)Cc1ccc(C)s1)C(=O)c1ccc(OC)cc1OC. The molecule has 2 amide bonds. The standard InChI is InChI=1S/C29H36N2O4S/c1-6-21(2)17-31(29(33)26-15-13-24(34-4)16-27(26)35-5)20-28(32)30(18-23-10-8-7-9-11-23)19-25-14-12-22(3)36-25/h7-16,21H,6,17-20H2,1-5H3. The first-order valence-electron chi connectivity index (χ1n) is 12.2. The van der Waals surface area contributed by atoms with Crippen LogP contribution in [-0.4, -0.2) is 48.9 Å². The van der Waals surface area contributed by atoms with E-state index < -0.39 is 0 Å². The molecule has 36 heavy (non-hydrogen) atoms. The maximum absolute atomic E-state index is 13.7. The number of amides is 2. The Morgan fingerprint density at radius 2 is 1.69 bits per heavy atom. The predicted octanol–water partition coefficient (Wildman–Crippen LogP) is 5.79.